The molecule has 2 amide bonds. The molecule has 1 atom stereocenters. The van der Waals surface area contributed by atoms with Crippen LogP contribution in [0.5, 0.6) is 0 Å². The molecular weight excluding hydrogens is 375 g/mol. The van der Waals surface area contributed by atoms with E-state index >= 15 is 0 Å². The number of hydrogen-bond acceptors (Lipinski definition) is 3. The molecule has 1 N–H and O–H groups in total. The number of fused-ring (bicyclic) bond motifs is 2. The largest absolute Gasteiger partial charge is 0.323 e. The molecule has 0 bridgehead atoms. The lowest BCUT2D eigenvalue weighted by atomic mass is 10.0. The summed E-state index contributed by atoms with van der Waals surface area (Å²) in [4.78, 5) is 26.6. The third kappa shape index (κ3) is 2.51. The van der Waals surface area contributed by atoms with Gasteiger partial charge in [0, 0.05) is 33.1 Å². The summed E-state index contributed by atoms with van der Waals surface area (Å²) >= 11 is 7.58. The minimum Gasteiger partial charge on any atom is -0.323 e. The first-order chi connectivity index (χ1) is 12.2. The van der Waals surface area contributed by atoms with Gasteiger partial charge < -0.3 is 10.2 Å². The normalized spacial score (nSPS) is 23.2. The lowest BCUT2D eigenvalue weighted by molar-refractivity contribution is -0.121. The van der Waals surface area contributed by atoms with Crippen molar-refractivity contribution in [2.24, 2.45) is 0 Å². The average Bonchev–Trinajstić information content (AvgIpc) is 3.02. The molecule has 1 fully saturated rings. The van der Waals surface area contributed by atoms with Crippen LogP contribution in [0, 0.1) is 5.82 Å². The van der Waals surface area contributed by atoms with Crippen molar-refractivity contribution in [3.05, 3.63) is 64.4 Å². The predicted octanol–water partition coefficient (Wildman–Crippen LogP) is 4.25. The molecule has 1 saturated heterocycles. The standard InChI is InChI=1S/C19H16ClFN2O2S/c1-18(2)10-23(16(24)11-4-3-5-13(21)8-11)19(26-18)14-9-12(20)6-7-15(14)22-17(19)25/h3-9H,10H2,1-2H3,(H,22,25). The first-order valence-electron chi connectivity index (χ1n) is 8.12. The minimum absolute atomic E-state index is 0.214. The zero-order chi connectivity index (χ0) is 18.7. The van der Waals surface area contributed by atoms with E-state index in [0.717, 1.165) is 0 Å². The van der Waals surface area contributed by atoms with Gasteiger partial charge in [0.05, 0.1) is 0 Å². The molecule has 0 radical (unpaired) electrons. The van der Waals surface area contributed by atoms with Gasteiger partial charge in [0.15, 0.2) is 4.87 Å². The van der Waals surface area contributed by atoms with Gasteiger partial charge in [-0.25, -0.2) is 4.39 Å². The van der Waals surface area contributed by atoms with Crippen LogP contribution >= 0.6 is 23.4 Å². The van der Waals surface area contributed by atoms with Crippen molar-refractivity contribution in [2.45, 2.75) is 23.5 Å². The number of nitrogens with one attached hydrogen (secondary N) is 1. The molecule has 26 heavy (non-hydrogen) atoms. The highest BCUT2D eigenvalue weighted by Crippen LogP contribution is 2.58. The first kappa shape index (κ1) is 17.4. The monoisotopic (exact) mass is 390 g/mol. The Bertz CT molecular complexity index is 949. The fourth-order valence-electron chi connectivity index (χ4n) is 3.58. The van der Waals surface area contributed by atoms with Crippen LogP contribution < -0.4 is 5.32 Å². The van der Waals surface area contributed by atoms with Crippen LogP contribution in [0.1, 0.15) is 29.8 Å². The number of halogens is 2. The lowest BCUT2D eigenvalue weighted by Crippen LogP contribution is -2.48. The summed E-state index contributed by atoms with van der Waals surface area (Å²) in [6.07, 6.45) is 0. The molecule has 1 unspecified atom stereocenters. The second-order valence-corrected chi connectivity index (χ2v) is 9.39. The molecule has 2 heterocycles. The lowest BCUT2D eigenvalue weighted by Gasteiger charge is -2.32. The van der Waals surface area contributed by atoms with Crippen molar-refractivity contribution in [3.63, 3.8) is 0 Å². The number of carbonyl (C=O) groups is 2. The molecule has 0 saturated carbocycles. The van der Waals surface area contributed by atoms with Crippen LogP contribution in [0.25, 0.3) is 0 Å². The zero-order valence-electron chi connectivity index (χ0n) is 14.2. The van der Waals surface area contributed by atoms with Gasteiger partial charge in [-0.2, -0.15) is 0 Å². The highest BCUT2D eigenvalue weighted by Gasteiger charge is 2.61. The third-order valence-electron chi connectivity index (χ3n) is 4.56. The fraction of sp³-hybridized carbons (Fsp3) is 0.263. The number of amides is 2. The smallest absolute Gasteiger partial charge is 0.265 e. The summed E-state index contributed by atoms with van der Waals surface area (Å²) in [5.41, 5.74) is 1.52. The summed E-state index contributed by atoms with van der Waals surface area (Å²) in [7, 11) is 0. The molecule has 4 rings (SSSR count). The summed E-state index contributed by atoms with van der Waals surface area (Å²) in [6.45, 7) is 4.31. The second kappa shape index (κ2) is 5.72. The van der Waals surface area contributed by atoms with E-state index in [9.17, 15) is 14.0 Å². The van der Waals surface area contributed by atoms with Crippen LogP contribution in [-0.4, -0.2) is 28.0 Å². The molecule has 2 aromatic carbocycles. The Kier molecular flexibility index (Phi) is 3.82. The topological polar surface area (TPSA) is 49.4 Å². The molecule has 2 aliphatic heterocycles. The van der Waals surface area contributed by atoms with E-state index < -0.39 is 10.7 Å². The van der Waals surface area contributed by atoms with Gasteiger partial charge in [-0.05, 0) is 50.2 Å². The summed E-state index contributed by atoms with van der Waals surface area (Å²) in [5, 5.41) is 3.35. The molecule has 0 aliphatic carbocycles. The molecule has 7 heteroatoms. The number of thioether (sulfide) groups is 1. The van der Waals surface area contributed by atoms with E-state index in [1.807, 2.05) is 13.8 Å². The maximum atomic E-state index is 13.6. The van der Waals surface area contributed by atoms with Crippen molar-refractivity contribution in [1.82, 2.24) is 4.90 Å². The number of rotatable bonds is 1. The maximum absolute atomic E-state index is 13.6. The van der Waals surface area contributed by atoms with E-state index in [1.54, 1.807) is 24.3 Å². The maximum Gasteiger partial charge on any atom is 0.265 e. The van der Waals surface area contributed by atoms with Gasteiger partial charge in [-0.3, -0.25) is 9.59 Å². The second-order valence-electron chi connectivity index (χ2n) is 7.05. The Morgan fingerprint density at radius 1 is 1.27 bits per heavy atom. The molecule has 134 valence electrons. The Morgan fingerprint density at radius 3 is 2.77 bits per heavy atom. The average molecular weight is 391 g/mol. The summed E-state index contributed by atoms with van der Waals surface area (Å²) < 4.78 is 13.3. The number of carbonyl (C=O) groups excluding carboxylic acids is 2. The first-order valence-corrected chi connectivity index (χ1v) is 9.32. The van der Waals surface area contributed by atoms with Gasteiger partial charge in [-0.1, -0.05) is 17.7 Å². The molecule has 0 aromatic heterocycles. The van der Waals surface area contributed by atoms with Crippen molar-refractivity contribution in [1.29, 1.82) is 0 Å². The van der Waals surface area contributed by atoms with Crippen molar-refractivity contribution in [2.75, 3.05) is 11.9 Å². The number of nitrogens with zero attached hydrogens (tertiary/aromatic N) is 1. The summed E-state index contributed by atoms with van der Waals surface area (Å²) in [6, 6.07) is 10.7. The van der Waals surface area contributed by atoms with Crippen LogP contribution in [-0.2, 0) is 9.67 Å². The molecule has 4 nitrogen and oxygen atoms in total. The van der Waals surface area contributed by atoms with Gasteiger partial charge in [0.1, 0.15) is 5.82 Å². The highest BCUT2D eigenvalue weighted by atomic mass is 35.5. The Hall–Kier alpha value is -2.05. The molecule has 2 aliphatic rings. The van der Waals surface area contributed by atoms with Crippen LogP contribution in [0.15, 0.2) is 42.5 Å². The number of benzene rings is 2. The van der Waals surface area contributed by atoms with Gasteiger partial charge in [-0.15, -0.1) is 11.8 Å². The van der Waals surface area contributed by atoms with Crippen molar-refractivity contribution >= 4 is 40.9 Å². The highest BCUT2D eigenvalue weighted by molar-refractivity contribution is 8.02. The van der Waals surface area contributed by atoms with Gasteiger partial charge in [0.2, 0.25) is 0 Å². The number of hydrogen-bond donors (Lipinski definition) is 1. The predicted molar refractivity (Wildman–Crippen MR) is 101 cm³/mol. The van der Waals surface area contributed by atoms with E-state index in [2.05, 4.69) is 5.32 Å². The van der Waals surface area contributed by atoms with Crippen LogP contribution in [0.3, 0.4) is 0 Å². The molecule has 1 spiro atoms. The van der Waals surface area contributed by atoms with Crippen LogP contribution in [0.4, 0.5) is 10.1 Å². The van der Waals surface area contributed by atoms with Crippen molar-refractivity contribution < 1.29 is 14.0 Å². The summed E-state index contributed by atoms with van der Waals surface area (Å²) in [5.74, 6) is -1.16. The molecule has 2 aromatic rings. The number of anilines is 1. The Labute approximate surface area is 159 Å². The quantitative estimate of drug-likeness (QED) is 0.791. The van der Waals surface area contributed by atoms with Crippen LogP contribution in [0.2, 0.25) is 5.02 Å². The fourth-order valence-corrected chi connectivity index (χ4v) is 5.42. The Morgan fingerprint density at radius 2 is 2.04 bits per heavy atom. The molecular formula is C19H16ClFN2O2S. The van der Waals surface area contributed by atoms with E-state index in [4.69, 9.17) is 11.6 Å². The SMILES string of the molecule is CC1(C)CN(C(=O)c2cccc(F)c2)C2(S1)C(=O)Nc1ccc(Cl)cc12. The zero-order valence-corrected chi connectivity index (χ0v) is 15.7. The third-order valence-corrected chi connectivity index (χ3v) is 6.40. The van der Waals surface area contributed by atoms with E-state index in [0.29, 0.717) is 22.8 Å². The minimum atomic E-state index is -1.22. The van der Waals surface area contributed by atoms with Gasteiger partial charge in [0.25, 0.3) is 11.8 Å². The Balaban J connectivity index is 1.88. The van der Waals surface area contributed by atoms with E-state index in [-0.39, 0.29) is 22.1 Å². The van der Waals surface area contributed by atoms with Crippen molar-refractivity contribution in [3.8, 4) is 0 Å². The van der Waals surface area contributed by atoms with E-state index in [1.165, 1.54) is 34.9 Å². The van der Waals surface area contributed by atoms with Gasteiger partial charge >= 0.3 is 0 Å².